The summed E-state index contributed by atoms with van der Waals surface area (Å²) >= 11 is 0. The van der Waals surface area contributed by atoms with Crippen LogP contribution < -0.4 is 0 Å². The molecule has 5 aliphatic carbocycles. The first-order chi connectivity index (χ1) is 38.0. The van der Waals surface area contributed by atoms with Gasteiger partial charge in [0.25, 0.3) is 0 Å². The van der Waals surface area contributed by atoms with Crippen LogP contribution in [0, 0.1) is 50.2 Å². The zero-order valence-corrected chi connectivity index (χ0v) is 47.6. The molecule has 8 aliphatic rings. The molecule has 0 aromatic heterocycles. The molecule has 22 heteroatoms. The molecule has 25 atom stereocenters. The molecule has 3 saturated heterocycles. The van der Waals surface area contributed by atoms with Gasteiger partial charge in [-0.3, -0.25) is 0 Å². The first kappa shape index (κ1) is 62.0. The minimum atomic E-state index is -2.11. The average Bonchev–Trinajstić information content (AvgIpc) is 3.26. The Balaban J connectivity index is 1.03. The summed E-state index contributed by atoms with van der Waals surface area (Å²) in [5.74, 6) is -3.47. The van der Waals surface area contributed by atoms with E-state index in [0.29, 0.717) is 49.7 Å². The lowest BCUT2D eigenvalue weighted by molar-refractivity contribution is -0.392. The van der Waals surface area contributed by atoms with E-state index in [4.69, 9.17) is 37.9 Å². The zero-order valence-electron chi connectivity index (χ0n) is 47.6. The smallest absolute Gasteiger partial charge is 0.338 e. The second kappa shape index (κ2) is 22.7. The monoisotopic (exact) mass is 1150 g/mol. The number of aliphatic carboxylic acids is 1. The Labute approximate surface area is 471 Å². The first-order valence-electron chi connectivity index (χ1n) is 28.6. The predicted octanol–water partition coefficient (Wildman–Crippen LogP) is 1.64. The molecule has 3 heterocycles. The maximum absolute atomic E-state index is 13.9. The van der Waals surface area contributed by atoms with Crippen LogP contribution in [0.25, 0.3) is 0 Å². The number of ether oxygens (including phenoxy) is 8. The standard InChI is InChI=1S/C59H86O22/c1-10-27(2)49(72)81-47-46(80-50(73)28-14-12-11-13-15-28)54(3,4)22-30-29-16-17-34-56(7)20-19-36(55(5,6)33(56)18-21-57(34,8)58(29,9)23-35(63)59(30,47)26-61)76-53-45(79-52-41(68)39(66)38(65)32(24-60)75-52)43(42(69)44(78-53)48(70)71)77-51-40(67)37(64)31(62)25-74-51/h10-16,30-47,51-53,60-69H,17-26H2,1-9H3,(H,70,71). The van der Waals surface area contributed by atoms with Crippen molar-refractivity contribution in [1.29, 1.82) is 0 Å². The van der Waals surface area contributed by atoms with E-state index in [9.17, 15) is 70.6 Å². The molecular weight excluding hydrogens is 1060 g/mol. The third-order valence-electron chi connectivity index (χ3n) is 21.5. The highest BCUT2D eigenvalue weighted by Crippen LogP contribution is 2.76. The third kappa shape index (κ3) is 10.1. The SMILES string of the molecule is CC=C(C)C(=O)OC1C(OC(=O)c2ccccc2)C(C)(C)CC2C3=CCC4C5(C)CCC(OC6OC(C(=O)O)C(O)C(OC7OCC(O)C(O)C7O)C6OC6OC(CO)C(O)C(O)C6O)C(C)(C)C5CCC4(C)C3(C)CC(O)C21CO. The number of carboxylic acids is 1. The molecule has 25 unspecified atom stereocenters. The van der Waals surface area contributed by atoms with Gasteiger partial charge in [0.05, 0.1) is 43.0 Å². The van der Waals surface area contributed by atoms with Crippen LogP contribution in [0.5, 0.6) is 0 Å². The molecule has 0 bridgehead atoms. The van der Waals surface area contributed by atoms with Crippen molar-refractivity contribution in [3.05, 3.63) is 59.2 Å². The highest BCUT2D eigenvalue weighted by Gasteiger charge is 2.74. The van der Waals surface area contributed by atoms with E-state index >= 15 is 0 Å². The molecule has 454 valence electrons. The fourth-order valence-corrected chi connectivity index (χ4v) is 16.5. The molecule has 0 spiro atoms. The number of esters is 2. The summed E-state index contributed by atoms with van der Waals surface area (Å²) in [6.45, 7) is 16.3. The van der Waals surface area contributed by atoms with Crippen LogP contribution in [0.3, 0.4) is 0 Å². The fraction of sp³-hybridized carbons (Fsp3) is 0.780. The minimum Gasteiger partial charge on any atom is -0.479 e. The van der Waals surface area contributed by atoms with Crippen LogP contribution in [0.2, 0.25) is 0 Å². The third-order valence-corrected chi connectivity index (χ3v) is 21.5. The Hall–Kier alpha value is -3.53. The Morgan fingerprint density at radius 3 is 2.02 bits per heavy atom. The van der Waals surface area contributed by atoms with Crippen molar-refractivity contribution in [2.24, 2.45) is 50.2 Å². The number of carbonyl (C=O) groups excluding carboxylic acids is 2. The second-order valence-electron chi connectivity index (χ2n) is 26.4. The van der Waals surface area contributed by atoms with Crippen molar-refractivity contribution in [3.63, 3.8) is 0 Å². The molecule has 1 aromatic carbocycles. The number of carboxylic acid groups (broad SMARTS) is 1. The number of benzene rings is 1. The summed E-state index contributed by atoms with van der Waals surface area (Å²) in [6, 6.07) is 8.50. The molecule has 4 saturated carbocycles. The van der Waals surface area contributed by atoms with E-state index in [2.05, 4.69) is 40.7 Å². The van der Waals surface area contributed by atoms with E-state index in [1.54, 1.807) is 50.3 Å². The van der Waals surface area contributed by atoms with Gasteiger partial charge in [-0.25, -0.2) is 14.4 Å². The Kier molecular flexibility index (Phi) is 17.4. The highest BCUT2D eigenvalue weighted by atomic mass is 16.8. The summed E-state index contributed by atoms with van der Waals surface area (Å²) < 4.78 is 49.3. The lowest BCUT2D eigenvalue weighted by Gasteiger charge is -2.72. The molecule has 11 N–H and O–H groups in total. The molecule has 0 amide bonds. The summed E-state index contributed by atoms with van der Waals surface area (Å²) in [6.07, 6.45) is -22.4. The van der Waals surface area contributed by atoms with Crippen molar-refractivity contribution >= 4 is 17.9 Å². The summed E-state index contributed by atoms with van der Waals surface area (Å²) in [5.41, 5.74) is -2.86. The molecule has 9 rings (SSSR count). The van der Waals surface area contributed by atoms with Gasteiger partial charge in [-0.2, -0.15) is 0 Å². The van der Waals surface area contributed by atoms with Gasteiger partial charge in [0.2, 0.25) is 0 Å². The van der Waals surface area contributed by atoms with Crippen molar-refractivity contribution < 1.29 is 108 Å². The van der Waals surface area contributed by atoms with Gasteiger partial charge in [0, 0.05) is 11.0 Å². The topological polar surface area (TPSA) is 348 Å². The van der Waals surface area contributed by atoms with E-state index in [0.717, 1.165) is 5.57 Å². The molecule has 1 aromatic rings. The molecule has 7 fully saturated rings. The molecule has 0 radical (unpaired) electrons. The van der Waals surface area contributed by atoms with E-state index in [1.807, 2.05) is 13.8 Å². The second-order valence-corrected chi connectivity index (χ2v) is 26.4. The van der Waals surface area contributed by atoms with E-state index < -0.39 is 187 Å². The Morgan fingerprint density at radius 1 is 0.716 bits per heavy atom. The maximum atomic E-state index is 13.9. The number of hydrogen-bond donors (Lipinski definition) is 11. The lowest BCUT2D eigenvalue weighted by Crippen LogP contribution is -2.72. The van der Waals surface area contributed by atoms with Gasteiger partial charge >= 0.3 is 17.9 Å². The zero-order chi connectivity index (χ0) is 59.3. The molecule has 3 aliphatic heterocycles. The van der Waals surface area contributed by atoms with Crippen LogP contribution in [0.1, 0.15) is 118 Å². The largest absolute Gasteiger partial charge is 0.479 e. The van der Waals surface area contributed by atoms with Gasteiger partial charge < -0.3 is 94.1 Å². The quantitative estimate of drug-likeness (QED) is 0.0579. The van der Waals surface area contributed by atoms with Crippen molar-refractivity contribution in [1.82, 2.24) is 0 Å². The van der Waals surface area contributed by atoms with Crippen LogP contribution in [-0.4, -0.2) is 204 Å². The Morgan fingerprint density at radius 2 is 1.38 bits per heavy atom. The Bertz CT molecular complexity index is 2520. The average molecular weight is 1150 g/mol. The van der Waals surface area contributed by atoms with Crippen LogP contribution in [0.15, 0.2) is 53.6 Å². The van der Waals surface area contributed by atoms with Crippen LogP contribution in [-0.2, 0) is 47.5 Å². The lowest BCUT2D eigenvalue weighted by atomic mass is 9.33. The molecule has 81 heavy (non-hydrogen) atoms. The van der Waals surface area contributed by atoms with Crippen LogP contribution in [0.4, 0.5) is 0 Å². The van der Waals surface area contributed by atoms with Crippen LogP contribution >= 0.6 is 0 Å². The normalized spacial score (nSPS) is 47.5. The summed E-state index contributed by atoms with van der Waals surface area (Å²) in [7, 11) is 0. The van der Waals surface area contributed by atoms with Gasteiger partial charge in [-0.05, 0) is 110 Å². The predicted molar refractivity (Wildman–Crippen MR) is 282 cm³/mol. The number of rotatable bonds is 13. The molecule has 22 nitrogen and oxygen atoms in total. The number of aliphatic hydroxyl groups is 10. The number of aliphatic hydroxyl groups excluding tert-OH is 10. The number of allylic oxidation sites excluding steroid dienone is 3. The van der Waals surface area contributed by atoms with Gasteiger partial charge in [0.15, 0.2) is 31.1 Å². The number of hydrogen-bond acceptors (Lipinski definition) is 21. The fourth-order valence-electron chi connectivity index (χ4n) is 16.5. The van der Waals surface area contributed by atoms with Gasteiger partial charge in [-0.15, -0.1) is 0 Å². The maximum Gasteiger partial charge on any atom is 0.338 e. The van der Waals surface area contributed by atoms with E-state index in [1.165, 1.54) is 0 Å². The highest BCUT2D eigenvalue weighted by molar-refractivity contribution is 5.90. The number of carbonyl (C=O) groups is 3. The van der Waals surface area contributed by atoms with E-state index in [-0.39, 0.29) is 18.3 Å². The van der Waals surface area contributed by atoms with Crippen molar-refractivity contribution in [2.45, 2.75) is 218 Å². The van der Waals surface area contributed by atoms with Gasteiger partial charge in [0.1, 0.15) is 67.1 Å². The van der Waals surface area contributed by atoms with Gasteiger partial charge in [-0.1, -0.05) is 84.4 Å². The van der Waals surface area contributed by atoms with Crippen molar-refractivity contribution in [2.75, 3.05) is 19.8 Å². The minimum absolute atomic E-state index is 0.0157. The first-order valence-corrected chi connectivity index (χ1v) is 28.6. The van der Waals surface area contributed by atoms with Crippen molar-refractivity contribution in [3.8, 4) is 0 Å². The summed E-state index contributed by atoms with van der Waals surface area (Å²) in [4.78, 5) is 40.7. The molecular formula is C59H86O22. The number of fused-ring (bicyclic) bond motifs is 7. The summed E-state index contributed by atoms with van der Waals surface area (Å²) in [5, 5.41) is 121.